The van der Waals surface area contributed by atoms with Crippen LogP contribution in [0.25, 0.3) is 5.69 Å². The zero-order valence-electron chi connectivity index (χ0n) is 15.1. The summed E-state index contributed by atoms with van der Waals surface area (Å²) in [6.45, 7) is 1.86. The Kier molecular flexibility index (Phi) is 5.48. The monoisotopic (exact) mass is 391 g/mol. The van der Waals surface area contributed by atoms with Crippen molar-refractivity contribution in [1.29, 1.82) is 0 Å². The van der Waals surface area contributed by atoms with Crippen LogP contribution >= 0.6 is 11.6 Å². The van der Waals surface area contributed by atoms with Gasteiger partial charge in [-0.25, -0.2) is 14.3 Å². The molecule has 0 unspecified atom stereocenters. The van der Waals surface area contributed by atoms with Gasteiger partial charge in [0.05, 0.1) is 43.3 Å². The van der Waals surface area contributed by atoms with Crippen LogP contribution in [0.15, 0.2) is 41.9 Å². The molecular weight excluding hydrogens is 374 g/mol. The molecule has 0 aliphatic carbocycles. The summed E-state index contributed by atoms with van der Waals surface area (Å²) in [7, 11) is 2.48. The smallest absolute Gasteiger partial charge is 0.355 e. The van der Waals surface area contributed by atoms with E-state index in [-0.39, 0.29) is 24.6 Å². The van der Waals surface area contributed by atoms with Crippen LogP contribution in [0, 0.1) is 6.92 Å². The van der Waals surface area contributed by atoms with Crippen molar-refractivity contribution in [3.05, 3.63) is 52.4 Å². The standard InChI is InChI=1S/C18H18ClN3O5/c1-11-7-20-22(8-11)16-13(19)5-4-6-14(16)21-10-27-9-12(17(23)25-2)15(21)18(24)26-3/h4-8H,9-10H2,1-3H3. The molecule has 0 fully saturated rings. The third-order valence-corrected chi connectivity index (χ3v) is 4.34. The average molecular weight is 392 g/mol. The molecule has 27 heavy (non-hydrogen) atoms. The number of nitrogens with zero attached hydrogens (tertiary/aromatic N) is 3. The normalized spacial score (nSPS) is 14.3. The third-order valence-electron chi connectivity index (χ3n) is 4.03. The number of aryl methyl sites for hydroxylation is 1. The van der Waals surface area contributed by atoms with Crippen LogP contribution in [0.3, 0.4) is 0 Å². The second-order valence-electron chi connectivity index (χ2n) is 5.79. The van der Waals surface area contributed by atoms with Gasteiger partial charge in [0.25, 0.3) is 0 Å². The van der Waals surface area contributed by atoms with E-state index in [1.807, 2.05) is 6.92 Å². The van der Waals surface area contributed by atoms with Crippen LogP contribution in [0.2, 0.25) is 5.02 Å². The van der Waals surface area contributed by atoms with Crippen LogP contribution in [0.5, 0.6) is 0 Å². The summed E-state index contributed by atoms with van der Waals surface area (Å²) >= 11 is 6.43. The molecule has 1 aromatic heterocycles. The van der Waals surface area contributed by atoms with Crippen molar-refractivity contribution in [1.82, 2.24) is 9.78 Å². The summed E-state index contributed by atoms with van der Waals surface area (Å²) in [4.78, 5) is 26.2. The van der Waals surface area contributed by atoms with Gasteiger partial charge in [-0.2, -0.15) is 5.10 Å². The first-order valence-electron chi connectivity index (χ1n) is 8.03. The number of rotatable bonds is 4. The predicted octanol–water partition coefficient (Wildman–Crippen LogP) is 2.23. The van der Waals surface area contributed by atoms with Crippen molar-refractivity contribution in [2.24, 2.45) is 0 Å². The van der Waals surface area contributed by atoms with E-state index in [0.717, 1.165) is 5.56 Å². The van der Waals surface area contributed by atoms with E-state index < -0.39 is 11.9 Å². The number of methoxy groups -OCH3 is 2. The molecule has 2 heterocycles. The molecule has 1 aliphatic heterocycles. The number of benzene rings is 1. The molecule has 8 nitrogen and oxygen atoms in total. The van der Waals surface area contributed by atoms with Crippen molar-refractivity contribution < 1.29 is 23.8 Å². The number of hydrogen-bond acceptors (Lipinski definition) is 7. The van der Waals surface area contributed by atoms with Crippen LogP contribution in [-0.2, 0) is 23.8 Å². The molecule has 0 spiro atoms. The molecule has 0 saturated carbocycles. The Balaban J connectivity index is 2.22. The van der Waals surface area contributed by atoms with Gasteiger partial charge in [-0.3, -0.25) is 0 Å². The lowest BCUT2D eigenvalue weighted by Gasteiger charge is -2.32. The first kappa shape index (κ1) is 18.9. The Morgan fingerprint density at radius 1 is 1.22 bits per heavy atom. The van der Waals surface area contributed by atoms with Crippen molar-refractivity contribution in [3.8, 4) is 5.69 Å². The number of anilines is 1. The molecular formula is C18H18ClN3O5. The van der Waals surface area contributed by atoms with Gasteiger partial charge in [0.2, 0.25) is 0 Å². The van der Waals surface area contributed by atoms with Gasteiger partial charge in [-0.15, -0.1) is 0 Å². The number of ether oxygens (including phenoxy) is 3. The summed E-state index contributed by atoms with van der Waals surface area (Å²) in [6, 6.07) is 5.20. The molecule has 0 bridgehead atoms. The number of carbonyl (C=O) groups excluding carboxylic acids is 2. The summed E-state index contributed by atoms with van der Waals surface area (Å²) < 4.78 is 16.8. The molecule has 2 aromatic rings. The van der Waals surface area contributed by atoms with Crippen LogP contribution in [-0.4, -0.2) is 49.3 Å². The van der Waals surface area contributed by atoms with E-state index in [2.05, 4.69) is 5.10 Å². The second-order valence-corrected chi connectivity index (χ2v) is 6.19. The Labute approximate surface area is 160 Å². The summed E-state index contributed by atoms with van der Waals surface area (Å²) in [6.07, 6.45) is 3.50. The van der Waals surface area contributed by atoms with Gasteiger partial charge >= 0.3 is 11.9 Å². The number of esters is 2. The van der Waals surface area contributed by atoms with Crippen molar-refractivity contribution in [3.63, 3.8) is 0 Å². The molecule has 0 radical (unpaired) electrons. The minimum atomic E-state index is -0.679. The molecule has 0 amide bonds. The molecule has 1 aliphatic rings. The van der Waals surface area contributed by atoms with Crippen LogP contribution in [0.1, 0.15) is 5.56 Å². The van der Waals surface area contributed by atoms with E-state index in [9.17, 15) is 9.59 Å². The Morgan fingerprint density at radius 2 is 1.96 bits per heavy atom. The first-order valence-corrected chi connectivity index (χ1v) is 8.41. The fourth-order valence-electron chi connectivity index (χ4n) is 2.82. The lowest BCUT2D eigenvalue weighted by molar-refractivity contribution is -0.140. The van der Waals surface area contributed by atoms with Crippen LogP contribution < -0.4 is 4.90 Å². The van der Waals surface area contributed by atoms with Gasteiger partial charge in [-0.1, -0.05) is 17.7 Å². The Bertz CT molecular complexity index is 921. The number of hydrogen-bond donors (Lipinski definition) is 0. The van der Waals surface area contributed by atoms with E-state index in [4.69, 9.17) is 25.8 Å². The highest BCUT2D eigenvalue weighted by Crippen LogP contribution is 2.35. The van der Waals surface area contributed by atoms with Crippen molar-refractivity contribution in [2.75, 3.05) is 32.5 Å². The molecule has 1 aromatic carbocycles. The van der Waals surface area contributed by atoms with Gasteiger partial charge in [0.15, 0.2) is 0 Å². The molecule has 0 N–H and O–H groups in total. The highest BCUT2D eigenvalue weighted by atomic mass is 35.5. The zero-order valence-corrected chi connectivity index (χ0v) is 15.8. The summed E-state index contributed by atoms with van der Waals surface area (Å²) in [5.41, 5.74) is 2.13. The van der Waals surface area contributed by atoms with E-state index in [0.29, 0.717) is 16.4 Å². The minimum absolute atomic E-state index is 0.0263. The fraction of sp³-hybridized carbons (Fsp3) is 0.278. The maximum absolute atomic E-state index is 12.5. The number of halogens is 1. The number of aromatic nitrogens is 2. The topological polar surface area (TPSA) is 82.9 Å². The fourth-order valence-corrected chi connectivity index (χ4v) is 3.07. The average Bonchev–Trinajstić information content (AvgIpc) is 3.11. The van der Waals surface area contributed by atoms with E-state index in [1.54, 1.807) is 35.3 Å². The van der Waals surface area contributed by atoms with E-state index >= 15 is 0 Å². The molecule has 0 atom stereocenters. The van der Waals surface area contributed by atoms with Gasteiger partial charge in [0.1, 0.15) is 18.1 Å². The number of carbonyl (C=O) groups is 2. The number of para-hydroxylation sites is 1. The summed E-state index contributed by atoms with van der Waals surface area (Å²) in [5, 5.41) is 4.72. The minimum Gasteiger partial charge on any atom is -0.466 e. The van der Waals surface area contributed by atoms with Crippen molar-refractivity contribution >= 4 is 29.2 Å². The van der Waals surface area contributed by atoms with Crippen LogP contribution in [0.4, 0.5) is 5.69 Å². The SMILES string of the molecule is COC(=O)C1=C(C(=O)OC)N(c2cccc(Cl)c2-n2cc(C)cn2)COC1. The first-order chi connectivity index (χ1) is 13.0. The maximum Gasteiger partial charge on any atom is 0.355 e. The quantitative estimate of drug-likeness (QED) is 0.739. The largest absolute Gasteiger partial charge is 0.466 e. The van der Waals surface area contributed by atoms with Gasteiger partial charge in [0, 0.05) is 6.20 Å². The molecule has 142 valence electrons. The zero-order chi connectivity index (χ0) is 19.6. The Morgan fingerprint density at radius 3 is 2.59 bits per heavy atom. The predicted molar refractivity (Wildman–Crippen MR) is 97.7 cm³/mol. The lowest BCUT2D eigenvalue weighted by atomic mass is 10.1. The molecule has 3 rings (SSSR count). The third kappa shape index (κ3) is 3.54. The maximum atomic E-state index is 12.5. The summed E-state index contributed by atoms with van der Waals surface area (Å²) in [5.74, 6) is -1.35. The lowest BCUT2D eigenvalue weighted by Crippen LogP contribution is -2.39. The molecule has 0 saturated heterocycles. The highest BCUT2D eigenvalue weighted by molar-refractivity contribution is 6.33. The van der Waals surface area contributed by atoms with Crippen molar-refractivity contribution in [2.45, 2.75) is 6.92 Å². The van der Waals surface area contributed by atoms with Gasteiger partial charge in [-0.05, 0) is 24.6 Å². The van der Waals surface area contributed by atoms with E-state index in [1.165, 1.54) is 19.1 Å². The van der Waals surface area contributed by atoms with Gasteiger partial charge < -0.3 is 19.1 Å². The second kappa shape index (κ2) is 7.81. The highest BCUT2D eigenvalue weighted by Gasteiger charge is 2.34. The molecule has 9 heteroatoms. The Hall–Kier alpha value is -2.84.